The van der Waals surface area contributed by atoms with Crippen LogP contribution in [-0.2, 0) is 0 Å². The fourth-order valence-electron chi connectivity index (χ4n) is 1.43. The average molecular weight is 210 g/mol. The number of benzene rings is 1. The molecule has 15 heavy (non-hydrogen) atoms. The first-order valence-corrected chi connectivity index (χ1v) is 5.00. The van der Waals surface area contributed by atoms with Crippen molar-refractivity contribution < 1.29 is 14.6 Å². The van der Waals surface area contributed by atoms with Crippen LogP contribution in [0.15, 0.2) is 18.2 Å². The van der Waals surface area contributed by atoms with Crippen LogP contribution in [0.5, 0.6) is 11.5 Å². The lowest BCUT2D eigenvalue weighted by atomic mass is 9.98. The van der Waals surface area contributed by atoms with Gasteiger partial charge in [-0.15, -0.1) is 0 Å². The average Bonchev–Trinajstić information content (AvgIpc) is 2.27. The van der Waals surface area contributed by atoms with Gasteiger partial charge in [0.1, 0.15) is 11.5 Å². The zero-order valence-corrected chi connectivity index (χ0v) is 9.65. The highest BCUT2D eigenvalue weighted by Crippen LogP contribution is 2.32. The molecule has 1 aromatic rings. The molecule has 0 radical (unpaired) electrons. The monoisotopic (exact) mass is 210 g/mol. The number of aliphatic hydroxyl groups is 1. The fourth-order valence-corrected chi connectivity index (χ4v) is 1.43. The molecule has 0 aromatic heterocycles. The SMILES string of the molecule is COc1ccc(OC)c(C(O)C(C)C)c1. The number of aliphatic hydroxyl groups excluding tert-OH is 1. The molecule has 1 atom stereocenters. The van der Waals surface area contributed by atoms with Gasteiger partial charge in [-0.2, -0.15) is 0 Å². The van der Waals surface area contributed by atoms with E-state index >= 15 is 0 Å². The van der Waals surface area contributed by atoms with Crippen molar-refractivity contribution in [1.82, 2.24) is 0 Å². The molecule has 0 saturated heterocycles. The number of hydrogen-bond donors (Lipinski definition) is 1. The summed E-state index contributed by atoms with van der Waals surface area (Å²) in [6.45, 7) is 3.92. The van der Waals surface area contributed by atoms with Crippen molar-refractivity contribution in [1.29, 1.82) is 0 Å². The van der Waals surface area contributed by atoms with Gasteiger partial charge in [0.2, 0.25) is 0 Å². The van der Waals surface area contributed by atoms with Crippen LogP contribution in [0.25, 0.3) is 0 Å². The number of hydrogen-bond acceptors (Lipinski definition) is 3. The summed E-state index contributed by atoms with van der Waals surface area (Å²) in [5, 5.41) is 9.99. The van der Waals surface area contributed by atoms with Crippen LogP contribution < -0.4 is 9.47 Å². The van der Waals surface area contributed by atoms with E-state index in [0.717, 1.165) is 11.3 Å². The minimum atomic E-state index is -0.532. The highest BCUT2D eigenvalue weighted by Gasteiger charge is 2.17. The molecule has 3 nitrogen and oxygen atoms in total. The number of ether oxygens (including phenoxy) is 2. The Labute approximate surface area is 90.6 Å². The zero-order chi connectivity index (χ0) is 11.4. The van der Waals surface area contributed by atoms with E-state index in [0.29, 0.717) is 5.75 Å². The van der Waals surface area contributed by atoms with Crippen molar-refractivity contribution >= 4 is 0 Å². The maximum Gasteiger partial charge on any atom is 0.124 e. The number of rotatable bonds is 4. The summed E-state index contributed by atoms with van der Waals surface area (Å²) in [5.74, 6) is 1.56. The largest absolute Gasteiger partial charge is 0.497 e. The Hall–Kier alpha value is -1.22. The van der Waals surface area contributed by atoms with Gasteiger partial charge >= 0.3 is 0 Å². The summed E-state index contributed by atoms with van der Waals surface area (Å²) in [7, 11) is 3.20. The summed E-state index contributed by atoms with van der Waals surface area (Å²) < 4.78 is 10.3. The van der Waals surface area contributed by atoms with Crippen molar-refractivity contribution in [2.45, 2.75) is 20.0 Å². The third-order valence-electron chi connectivity index (χ3n) is 2.39. The third kappa shape index (κ3) is 2.63. The zero-order valence-electron chi connectivity index (χ0n) is 9.65. The topological polar surface area (TPSA) is 38.7 Å². The van der Waals surface area contributed by atoms with E-state index in [1.807, 2.05) is 26.0 Å². The fraction of sp³-hybridized carbons (Fsp3) is 0.500. The molecule has 0 aliphatic heterocycles. The van der Waals surface area contributed by atoms with E-state index in [-0.39, 0.29) is 5.92 Å². The Bertz CT molecular complexity index is 321. The van der Waals surface area contributed by atoms with E-state index < -0.39 is 6.10 Å². The van der Waals surface area contributed by atoms with E-state index in [1.165, 1.54) is 0 Å². The maximum absolute atomic E-state index is 9.99. The van der Waals surface area contributed by atoms with Gasteiger partial charge in [-0.05, 0) is 24.1 Å². The molecule has 0 saturated carbocycles. The van der Waals surface area contributed by atoms with Gasteiger partial charge in [0.05, 0.1) is 20.3 Å². The quantitative estimate of drug-likeness (QED) is 0.829. The lowest BCUT2D eigenvalue weighted by molar-refractivity contribution is 0.123. The van der Waals surface area contributed by atoms with Crippen LogP contribution in [0.2, 0.25) is 0 Å². The second kappa shape index (κ2) is 5.03. The van der Waals surface area contributed by atoms with Crippen molar-refractivity contribution in [3.63, 3.8) is 0 Å². The molecule has 1 aromatic carbocycles. The van der Waals surface area contributed by atoms with Crippen LogP contribution in [0.1, 0.15) is 25.5 Å². The van der Waals surface area contributed by atoms with Gasteiger partial charge in [-0.1, -0.05) is 13.8 Å². The molecule has 1 rings (SSSR count). The van der Waals surface area contributed by atoms with E-state index in [2.05, 4.69) is 0 Å². The second-order valence-electron chi connectivity index (χ2n) is 3.80. The Kier molecular flexibility index (Phi) is 3.97. The van der Waals surface area contributed by atoms with Crippen molar-refractivity contribution in [3.8, 4) is 11.5 Å². The summed E-state index contributed by atoms with van der Waals surface area (Å²) in [6.07, 6.45) is -0.532. The molecule has 0 aliphatic carbocycles. The van der Waals surface area contributed by atoms with Gasteiger partial charge in [-0.25, -0.2) is 0 Å². The van der Waals surface area contributed by atoms with Gasteiger partial charge in [-0.3, -0.25) is 0 Å². The van der Waals surface area contributed by atoms with E-state index in [1.54, 1.807) is 20.3 Å². The van der Waals surface area contributed by atoms with Gasteiger partial charge < -0.3 is 14.6 Å². The van der Waals surface area contributed by atoms with Crippen molar-refractivity contribution in [2.75, 3.05) is 14.2 Å². The molecule has 0 bridgehead atoms. The van der Waals surface area contributed by atoms with Crippen LogP contribution in [-0.4, -0.2) is 19.3 Å². The van der Waals surface area contributed by atoms with Crippen LogP contribution in [0.4, 0.5) is 0 Å². The van der Waals surface area contributed by atoms with Gasteiger partial charge in [0, 0.05) is 5.56 Å². The third-order valence-corrected chi connectivity index (χ3v) is 2.39. The molecule has 0 heterocycles. The highest BCUT2D eigenvalue weighted by atomic mass is 16.5. The minimum Gasteiger partial charge on any atom is -0.497 e. The molecule has 0 aliphatic rings. The molecule has 84 valence electrons. The predicted molar refractivity (Wildman–Crippen MR) is 59.3 cm³/mol. The van der Waals surface area contributed by atoms with E-state index in [4.69, 9.17) is 9.47 Å². The van der Waals surface area contributed by atoms with Gasteiger partial charge in [0.15, 0.2) is 0 Å². The Morgan fingerprint density at radius 1 is 1.13 bits per heavy atom. The molecule has 0 fully saturated rings. The highest BCUT2D eigenvalue weighted by molar-refractivity contribution is 5.41. The molecule has 0 spiro atoms. The standard InChI is InChI=1S/C12H18O3/c1-8(2)12(13)10-7-9(14-3)5-6-11(10)15-4/h5-8,12-13H,1-4H3. The summed E-state index contributed by atoms with van der Waals surface area (Å²) in [6, 6.07) is 5.43. The van der Waals surface area contributed by atoms with Crippen molar-refractivity contribution in [2.24, 2.45) is 5.92 Å². The lowest BCUT2D eigenvalue weighted by Crippen LogP contribution is -2.07. The smallest absolute Gasteiger partial charge is 0.124 e. The Balaban J connectivity index is 3.11. The Morgan fingerprint density at radius 2 is 1.80 bits per heavy atom. The van der Waals surface area contributed by atoms with Crippen LogP contribution >= 0.6 is 0 Å². The van der Waals surface area contributed by atoms with Gasteiger partial charge in [0.25, 0.3) is 0 Å². The first kappa shape index (κ1) is 11.9. The van der Waals surface area contributed by atoms with Crippen LogP contribution in [0, 0.1) is 5.92 Å². The molecule has 1 unspecified atom stereocenters. The normalized spacial score (nSPS) is 12.7. The number of methoxy groups -OCH3 is 2. The summed E-state index contributed by atoms with van der Waals surface area (Å²) in [5.41, 5.74) is 0.770. The lowest BCUT2D eigenvalue weighted by Gasteiger charge is -2.18. The predicted octanol–water partition coefficient (Wildman–Crippen LogP) is 2.39. The first-order valence-electron chi connectivity index (χ1n) is 5.00. The molecule has 1 N–H and O–H groups in total. The first-order chi connectivity index (χ1) is 7.10. The molecular weight excluding hydrogens is 192 g/mol. The minimum absolute atomic E-state index is 0.144. The molecule has 0 amide bonds. The maximum atomic E-state index is 9.99. The Morgan fingerprint density at radius 3 is 2.27 bits per heavy atom. The van der Waals surface area contributed by atoms with E-state index in [9.17, 15) is 5.11 Å². The molecule has 3 heteroatoms. The van der Waals surface area contributed by atoms with Crippen LogP contribution in [0.3, 0.4) is 0 Å². The second-order valence-corrected chi connectivity index (χ2v) is 3.80. The molecular formula is C12H18O3. The summed E-state index contributed by atoms with van der Waals surface area (Å²) in [4.78, 5) is 0. The summed E-state index contributed by atoms with van der Waals surface area (Å²) >= 11 is 0. The van der Waals surface area contributed by atoms with Crippen molar-refractivity contribution in [3.05, 3.63) is 23.8 Å².